The molecule has 0 aliphatic carbocycles. The van der Waals surface area contributed by atoms with E-state index in [0.717, 1.165) is 0 Å². The summed E-state index contributed by atoms with van der Waals surface area (Å²) in [6.07, 6.45) is 0. The molecule has 1 nitrogen and oxygen atoms in total. The van der Waals surface area contributed by atoms with Gasteiger partial charge in [-0.05, 0) is 30.3 Å². The van der Waals surface area contributed by atoms with Gasteiger partial charge in [0.15, 0.2) is 0 Å². The van der Waals surface area contributed by atoms with Crippen LogP contribution in [0.15, 0.2) is 60.7 Å². The van der Waals surface area contributed by atoms with Crippen molar-refractivity contribution < 1.29 is 8.78 Å². The molecule has 21 heavy (non-hydrogen) atoms. The molecule has 1 heterocycles. The average molecular weight is 302 g/mol. The van der Waals surface area contributed by atoms with Crippen molar-refractivity contribution in [2.75, 3.05) is 0 Å². The van der Waals surface area contributed by atoms with Crippen LogP contribution in [0.4, 0.5) is 8.78 Å². The quantitative estimate of drug-likeness (QED) is 0.582. The van der Waals surface area contributed by atoms with Gasteiger partial charge in [-0.15, -0.1) is 0 Å². The van der Waals surface area contributed by atoms with E-state index in [9.17, 15) is 8.78 Å². The van der Waals surface area contributed by atoms with Crippen LogP contribution >= 0.6 is 11.6 Å². The van der Waals surface area contributed by atoms with E-state index in [0.29, 0.717) is 22.4 Å². The number of pyridine rings is 1. The molecule has 2 aromatic carbocycles. The topological polar surface area (TPSA) is 12.9 Å². The second-order valence-electron chi connectivity index (χ2n) is 4.49. The van der Waals surface area contributed by atoms with Gasteiger partial charge in [0, 0.05) is 16.7 Å². The Bertz CT molecular complexity index is 802. The van der Waals surface area contributed by atoms with Crippen molar-refractivity contribution in [2.24, 2.45) is 0 Å². The van der Waals surface area contributed by atoms with E-state index in [1.807, 2.05) is 0 Å². The highest BCUT2D eigenvalue weighted by Crippen LogP contribution is 2.34. The molecule has 1 aromatic heterocycles. The molecule has 4 heteroatoms. The maximum absolute atomic E-state index is 14.0. The first-order valence-corrected chi connectivity index (χ1v) is 6.71. The van der Waals surface area contributed by atoms with Gasteiger partial charge in [-0.3, -0.25) is 0 Å². The lowest BCUT2D eigenvalue weighted by molar-refractivity contribution is 0.629. The maximum Gasteiger partial charge on any atom is 0.132 e. The fourth-order valence-electron chi connectivity index (χ4n) is 2.19. The first-order valence-electron chi connectivity index (χ1n) is 6.33. The third-order valence-electron chi connectivity index (χ3n) is 3.15. The summed E-state index contributed by atoms with van der Waals surface area (Å²) >= 11 is 5.92. The van der Waals surface area contributed by atoms with Gasteiger partial charge in [0.1, 0.15) is 16.8 Å². The van der Waals surface area contributed by atoms with Crippen LogP contribution in [0.25, 0.3) is 22.4 Å². The van der Waals surface area contributed by atoms with Crippen molar-refractivity contribution in [3.63, 3.8) is 0 Å². The minimum atomic E-state index is -0.426. The Morgan fingerprint density at radius 2 is 1.24 bits per heavy atom. The molecule has 0 amide bonds. The molecule has 0 spiro atoms. The standard InChI is InChI=1S/C17H10ClF2N/c18-16-10-9-12(11-5-1-3-7-14(11)19)17(21-16)13-6-2-4-8-15(13)20/h1-10H. The first-order chi connectivity index (χ1) is 10.2. The Labute approximate surface area is 125 Å². The minimum Gasteiger partial charge on any atom is -0.235 e. The molecule has 0 radical (unpaired) electrons. The maximum atomic E-state index is 14.0. The van der Waals surface area contributed by atoms with Gasteiger partial charge in [-0.1, -0.05) is 41.9 Å². The number of benzene rings is 2. The minimum absolute atomic E-state index is 0.230. The highest BCUT2D eigenvalue weighted by molar-refractivity contribution is 6.29. The summed E-state index contributed by atoms with van der Waals surface area (Å²) in [4.78, 5) is 4.18. The third-order valence-corrected chi connectivity index (χ3v) is 3.36. The van der Waals surface area contributed by atoms with E-state index in [1.54, 1.807) is 48.5 Å². The van der Waals surface area contributed by atoms with Crippen LogP contribution in [0.1, 0.15) is 0 Å². The molecule has 3 aromatic rings. The summed E-state index contributed by atoms with van der Waals surface area (Å²) in [5.74, 6) is -0.816. The smallest absolute Gasteiger partial charge is 0.132 e. The fourth-order valence-corrected chi connectivity index (χ4v) is 2.34. The monoisotopic (exact) mass is 301 g/mol. The molecule has 0 unspecified atom stereocenters. The largest absolute Gasteiger partial charge is 0.235 e. The van der Waals surface area contributed by atoms with Crippen LogP contribution in [0.3, 0.4) is 0 Å². The Morgan fingerprint density at radius 1 is 0.667 bits per heavy atom. The predicted molar refractivity (Wildman–Crippen MR) is 80.0 cm³/mol. The number of hydrogen-bond donors (Lipinski definition) is 0. The Balaban J connectivity index is 2.29. The van der Waals surface area contributed by atoms with E-state index in [4.69, 9.17) is 11.6 Å². The van der Waals surface area contributed by atoms with Gasteiger partial charge in [-0.25, -0.2) is 13.8 Å². The van der Waals surface area contributed by atoms with Crippen LogP contribution in [-0.2, 0) is 0 Å². The second-order valence-corrected chi connectivity index (χ2v) is 4.88. The van der Waals surface area contributed by atoms with Gasteiger partial charge < -0.3 is 0 Å². The summed E-state index contributed by atoms with van der Waals surface area (Å²) < 4.78 is 28.0. The van der Waals surface area contributed by atoms with Crippen LogP contribution in [0.5, 0.6) is 0 Å². The summed E-state index contributed by atoms with van der Waals surface area (Å²) in [7, 11) is 0. The zero-order valence-corrected chi connectivity index (χ0v) is 11.6. The molecular weight excluding hydrogens is 292 g/mol. The van der Waals surface area contributed by atoms with Crippen LogP contribution in [0, 0.1) is 11.6 Å². The molecule has 0 aliphatic heterocycles. The lowest BCUT2D eigenvalue weighted by Crippen LogP contribution is -1.94. The highest BCUT2D eigenvalue weighted by Gasteiger charge is 2.15. The van der Waals surface area contributed by atoms with Gasteiger partial charge >= 0.3 is 0 Å². The van der Waals surface area contributed by atoms with E-state index in [2.05, 4.69) is 4.98 Å². The zero-order valence-electron chi connectivity index (χ0n) is 10.9. The van der Waals surface area contributed by atoms with E-state index in [-0.39, 0.29) is 11.0 Å². The Hall–Kier alpha value is -2.26. The molecule has 104 valence electrons. The van der Waals surface area contributed by atoms with Crippen LogP contribution in [0.2, 0.25) is 5.15 Å². The van der Waals surface area contributed by atoms with Gasteiger partial charge in [0.2, 0.25) is 0 Å². The number of aromatic nitrogens is 1. The fraction of sp³-hybridized carbons (Fsp3) is 0. The molecule has 0 N–H and O–H groups in total. The number of halogens is 3. The van der Waals surface area contributed by atoms with Crippen molar-refractivity contribution in [2.45, 2.75) is 0 Å². The van der Waals surface area contributed by atoms with Gasteiger partial charge in [-0.2, -0.15) is 0 Å². The summed E-state index contributed by atoms with van der Waals surface area (Å²) in [5.41, 5.74) is 1.48. The molecule has 0 bridgehead atoms. The summed E-state index contributed by atoms with van der Waals surface area (Å²) in [6.45, 7) is 0. The van der Waals surface area contributed by atoms with Crippen molar-refractivity contribution >= 4 is 11.6 Å². The number of rotatable bonds is 2. The van der Waals surface area contributed by atoms with Crippen molar-refractivity contribution in [1.29, 1.82) is 0 Å². The van der Waals surface area contributed by atoms with Crippen molar-refractivity contribution in [3.05, 3.63) is 77.5 Å². The van der Waals surface area contributed by atoms with E-state index < -0.39 is 5.82 Å². The van der Waals surface area contributed by atoms with Crippen molar-refractivity contribution in [1.82, 2.24) is 4.98 Å². The predicted octanol–water partition coefficient (Wildman–Crippen LogP) is 5.35. The van der Waals surface area contributed by atoms with E-state index in [1.165, 1.54) is 12.1 Å². The molecular formula is C17H10ClF2N. The van der Waals surface area contributed by atoms with Gasteiger partial charge in [0.05, 0.1) is 5.69 Å². The SMILES string of the molecule is Fc1ccccc1-c1ccc(Cl)nc1-c1ccccc1F. The molecule has 0 saturated heterocycles. The number of nitrogens with zero attached hydrogens (tertiary/aromatic N) is 1. The van der Waals surface area contributed by atoms with Crippen LogP contribution in [-0.4, -0.2) is 4.98 Å². The normalized spacial score (nSPS) is 10.6. The first kappa shape index (κ1) is 13.7. The zero-order chi connectivity index (χ0) is 14.8. The van der Waals surface area contributed by atoms with Crippen molar-refractivity contribution in [3.8, 4) is 22.4 Å². The molecule has 3 rings (SSSR count). The lowest BCUT2D eigenvalue weighted by Gasteiger charge is -2.11. The molecule has 0 fully saturated rings. The molecule has 0 saturated carbocycles. The second kappa shape index (κ2) is 5.62. The van der Waals surface area contributed by atoms with Gasteiger partial charge in [0.25, 0.3) is 0 Å². The Kier molecular flexibility index (Phi) is 3.67. The summed E-state index contributed by atoms with van der Waals surface area (Å²) in [6, 6.07) is 15.7. The third kappa shape index (κ3) is 2.65. The average Bonchev–Trinajstić information content (AvgIpc) is 2.49. The Morgan fingerprint density at radius 3 is 1.86 bits per heavy atom. The highest BCUT2D eigenvalue weighted by atomic mass is 35.5. The number of hydrogen-bond acceptors (Lipinski definition) is 1. The molecule has 0 aliphatic rings. The van der Waals surface area contributed by atoms with E-state index >= 15 is 0 Å². The summed E-state index contributed by atoms with van der Waals surface area (Å²) in [5, 5.41) is 0.230. The van der Waals surface area contributed by atoms with Crippen LogP contribution < -0.4 is 0 Å². The molecule has 0 atom stereocenters. The lowest BCUT2D eigenvalue weighted by atomic mass is 9.99.